The molecule has 1 heterocycles. The molecule has 0 radical (unpaired) electrons. The predicted molar refractivity (Wildman–Crippen MR) is 101 cm³/mol. The number of esters is 1. The van der Waals surface area contributed by atoms with Gasteiger partial charge < -0.3 is 19.5 Å². The zero-order valence-electron chi connectivity index (χ0n) is 15.5. The molecular formula is C21H21F2NO4. The quantitative estimate of drug-likeness (QED) is 0.709. The predicted octanol–water partition coefficient (Wildman–Crippen LogP) is 4.46. The number of rotatable bonds is 7. The Hall–Kier alpha value is -3.09. The molecule has 0 aliphatic carbocycles. The van der Waals surface area contributed by atoms with E-state index in [1.54, 1.807) is 18.2 Å². The molecule has 28 heavy (non-hydrogen) atoms. The molecule has 0 amide bonds. The normalized spacial score (nSPS) is 18.4. The number of halogens is 2. The first kappa shape index (κ1) is 19.7. The van der Waals surface area contributed by atoms with Gasteiger partial charge in [-0.1, -0.05) is 24.3 Å². The van der Waals surface area contributed by atoms with Gasteiger partial charge in [0.05, 0.1) is 7.11 Å². The van der Waals surface area contributed by atoms with Crippen molar-refractivity contribution < 1.29 is 27.8 Å². The number of carbonyl (C=O) groups excluding carboxylic acids is 1. The van der Waals surface area contributed by atoms with Gasteiger partial charge in [-0.15, -0.1) is 0 Å². The number of hydrogen-bond donors (Lipinski definition) is 1. The van der Waals surface area contributed by atoms with Crippen molar-refractivity contribution in [1.29, 1.82) is 0 Å². The molecule has 0 spiro atoms. The third-order valence-electron chi connectivity index (χ3n) is 4.51. The van der Waals surface area contributed by atoms with Crippen molar-refractivity contribution in [1.82, 2.24) is 0 Å². The molecular weight excluding hydrogens is 368 g/mol. The smallest absolute Gasteiger partial charge is 0.387 e. The van der Waals surface area contributed by atoms with E-state index in [2.05, 4.69) is 14.8 Å². The summed E-state index contributed by atoms with van der Waals surface area (Å²) >= 11 is 0. The molecule has 2 aromatic carbocycles. The SMILES string of the molecule is COC(=O)C1=CC(CNc2ccc(-c3ccc(OC(F)F)cc3)cc2)C(C)O1. The fraction of sp³-hybridized carbons (Fsp3) is 0.286. The maximum atomic E-state index is 12.2. The van der Waals surface area contributed by atoms with E-state index in [1.807, 2.05) is 31.2 Å². The fourth-order valence-corrected chi connectivity index (χ4v) is 2.94. The first-order chi connectivity index (χ1) is 13.5. The van der Waals surface area contributed by atoms with Crippen molar-refractivity contribution >= 4 is 11.7 Å². The van der Waals surface area contributed by atoms with Gasteiger partial charge in [0.2, 0.25) is 5.76 Å². The first-order valence-corrected chi connectivity index (χ1v) is 8.82. The molecule has 0 saturated carbocycles. The molecule has 0 bridgehead atoms. The molecule has 2 aromatic rings. The Labute approximate surface area is 161 Å². The molecule has 1 aliphatic rings. The molecule has 2 atom stereocenters. The van der Waals surface area contributed by atoms with Crippen LogP contribution in [0.25, 0.3) is 11.1 Å². The number of anilines is 1. The lowest BCUT2D eigenvalue weighted by molar-refractivity contribution is -0.140. The molecule has 2 unspecified atom stereocenters. The maximum absolute atomic E-state index is 12.2. The van der Waals surface area contributed by atoms with E-state index in [-0.39, 0.29) is 23.5 Å². The first-order valence-electron chi connectivity index (χ1n) is 8.82. The number of nitrogens with one attached hydrogen (secondary N) is 1. The number of methoxy groups -OCH3 is 1. The Morgan fingerprint density at radius 3 is 2.29 bits per heavy atom. The second kappa shape index (κ2) is 8.73. The summed E-state index contributed by atoms with van der Waals surface area (Å²) in [4.78, 5) is 11.5. The molecule has 148 valence electrons. The largest absolute Gasteiger partial charge is 0.483 e. The number of benzene rings is 2. The minimum absolute atomic E-state index is 0.0520. The Bertz CT molecular complexity index is 834. The van der Waals surface area contributed by atoms with E-state index in [4.69, 9.17) is 4.74 Å². The maximum Gasteiger partial charge on any atom is 0.387 e. The third kappa shape index (κ3) is 4.79. The minimum Gasteiger partial charge on any atom is -0.483 e. The van der Waals surface area contributed by atoms with Gasteiger partial charge in [0.1, 0.15) is 11.9 Å². The molecule has 1 aliphatic heterocycles. The van der Waals surface area contributed by atoms with Gasteiger partial charge in [-0.05, 0) is 48.4 Å². The summed E-state index contributed by atoms with van der Waals surface area (Å²) in [6.45, 7) is -0.313. The zero-order chi connectivity index (χ0) is 20.1. The summed E-state index contributed by atoms with van der Waals surface area (Å²) in [6, 6.07) is 14.2. The van der Waals surface area contributed by atoms with Gasteiger partial charge in [-0.25, -0.2) is 4.79 Å². The lowest BCUT2D eigenvalue weighted by Crippen LogP contribution is -2.21. The number of carbonyl (C=O) groups is 1. The summed E-state index contributed by atoms with van der Waals surface area (Å²) in [5.74, 6) is -0.0411. The van der Waals surface area contributed by atoms with Crippen molar-refractivity contribution in [2.75, 3.05) is 19.0 Å². The Kier molecular flexibility index (Phi) is 6.13. The summed E-state index contributed by atoms with van der Waals surface area (Å²) in [6.07, 6.45) is 1.66. The Morgan fingerprint density at radius 2 is 1.71 bits per heavy atom. The van der Waals surface area contributed by atoms with E-state index in [9.17, 15) is 13.6 Å². The van der Waals surface area contributed by atoms with Crippen LogP contribution in [0.3, 0.4) is 0 Å². The van der Waals surface area contributed by atoms with Crippen molar-refractivity contribution in [3.63, 3.8) is 0 Å². The average Bonchev–Trinajstić information content (AvgIpc) is 3.07. The Balaban J connectivity index is 1.59. The van der Waals surface area contributed by atoms with Crippen LogP contribution in [0.1, 0.15) is 6.92 Å². The standard InChI is InChI=1S/C21H21F2NO4/c1-13-16(11-19(27-13)20(25)26-2)12-24-17-7-3-14(4-8-17)15-5-9-18(10-6-15)28-21(22)23/h3-11,13,16,21,24H,12H2,1-2H3. The van der Waals surface area contributed by atoms with Crippen LogP contribution < -0.4 is 10.1 Å². The van der Waals surface area contributed by atoms with Gasteiger partial charge in [0.25, 0.3) is 0 Å². The highest BCUT2D eigenvalue weighted by molar-refractivity contribution is 5.86. The average molecular weight is 389 g/mol. The molecule has 0 saturated heterocycles. The minimum atomic E-state index is -2.83. The highest BCUT2D eigenvalue weighted by Gasteiger charge is 2.29. The summed E-state index contributed by atoms with van der Waals surface area (Å²) in [5.41, 5.74) is 2.78. The van der Waals surface area contributed by atoms with Gasteiger partial charge in [0, 0.05) is 18.2 Å². The van der Waals surface area contributed by atoms with Crippen LogP contribution in [-0.4, -0.2) is 32.3 Å². The van der Waals surface area contributed by atoms with E-state index < -0.39 is 12.6 Å². The van der Waals surface area contributed by atoms with Crippen LogP contribution in [0.4, 0.5) is 14.5 Å². The van der Waals surface area contributed by atoms with E-state index >= 15 is 0 Å². The van der Waals surface area contributed by atoms with Crippen LogP contribution >= 0.6 is 0 Å². The zero-order valence-corrected chi connectivity index (χ0v) is 15.5. The van der Waals surface area contributed by atoms with E-state index in [1.165, 1.54) is 19.2 Å². The highest BCUT2D eigenvalue weighted by atomic mass is 19.3. The van der Waals surface area contributed by atoms with Gasteiger partial charge in [-0.2, -0.15) is 8.78 Å². The van der Waals surface area contributed by atoms with Crippen LogP contribution in [0, 0.1) is 5.92 Å². The number of hydrogen-bond acceptors (Lipinski definition) is 5. The van der Waals surface area contributed by atoms with Gasteiger partial charge in [0.15, 0.2) is 0 Å². The number of alkyl halides is 2. The van der Waals surface area contributed by atoms with E-state index in [0.717, 1.165) is 16.8 Å². The molecule has 7 heteroatoms. The van der Waals surface area contributed by atoms with Crippen molar-refractivity contribution in [3.8, 4) is 16.9 Å². The molecule has 5 nitrogen and oxygen atoms in total. The van der Waals surface area contributed by atoms with Crippen LogP contribution in [0.2, 0.25) is 0 Å². The Morgan fingerprint density at radius 1 is 1.11 bits per heavy atom. The lowest BCUT2D eigenvalue weighted by Gasteiger charge is -2.16. The highest BCUT2D eigenvalue weighted by Crippen LogP contribution is 2.27. The summed E-state index contributed by atoms with van der Waals surface area (Å²) in [5, 5.41) is 3.32. The second-order valence-corrected chi connectivity index (χ2v) is 6.37. The molecule has 0 aromatic heterocycles. The summed E-state index contributed by atoms with van der Waals surface area (Å²) < 4.78 is 39.0. The second-order valence-electron chi connectivity index (χ2n) is 6.37. The third-order valence-corrected chi connectivity index (χ3v) is 4.51. The summed E-state index contributed by atoms with van der Waals surface area (Å²) in [7, 11) is 1.32. The topological polar surface area (TPSA) is 56.8 Å². The molecule has 1 N–H and O–H groups in total. The monoisotopic (exact) mass is 389 g/mol. The van der Waals surface area contributed by atoms with Crippen LogP contribution in [0.5, 0.6) is 5.75 Å². The van der Waals surface area contributed by atoms with Gasteiger partial charge in [-0.3, -0.25) is 0 Å². The lowest BCUT2D eigenvalue weighted by atomic mass is 10.0. The van der Waals surface area contributed by atoms with Crippen molar-refractivity contribution in [2.45, 2.75) is 19.6 Å². The van der Waals surface area contributed by atoms with Crippen LogP contribution in [-0.2, 0) is 14.3 Å². The van der Waals surface area contributed by atoms with Crippen molar-refractivity contribution in [3.05, 3.63) is 60.4 Å². The van der Waals surface area contributed by atoms with Crippen molar-refractivity contribution in [2.24, 2.45) is 5.92 Å². The van der Waals surface area contributed by atoms with Gasteiger partial charge >= 0.3 is 12.6 Å². The fourth-order valence-electron chi connectivity index (χ4n) is 2.94. The molecule has 0 fully saturated rings. The van der Waals surface area contributed by atoms with E-state index in [0.29, 0.717) is 6.54 Å². The van der Waals surface area contributed by atoms with Crippen LogP contribution in [0.15, 0.2) is 60.4 Å². The number of ether oxygens (including phenoxy) is 3. The molecule has 3 rings (SSSR count).